The minimum absolute atomic E-state index is 0.0797. The van der Waals surface area contributed by atoms with Gasteiger partial charge in [-0.1, -0.05) is 84.9 Å². The van der Waals surface area contributed by atoms with E-state index in [1.807, 2.05) is 109 Å². The molecule has 0 aliphatic rings. The van der Waals surface area contributed by atoms with Crippen LogP contribution in [0.15, 0.2) is 121 Å². The van der Waals surface area contributed by atoms with E-state index in [0.717, 1.165) is 32.7 Å². The molecule has 6 rings (SSSR count). The van der Waals surface area contributed by atoms with Crippen molar-refractivity contribution in [1.82, 2.24) is 0 Å². The third kappa shape index (κ3) is 4.72. The first kappa shape index (κ1) is 23.4. The van der Waals surface area contributed by atoms with Crippen LogP contribution in [0.3, 0.4) is 0 Å². The molecule has 4 heteroatoms. The van der Waals surface area contributed by atoms with Gasteiger partial charge in [0.2, 0.25) is 0 Å². The van der Waals surface area contributed by atoms with Gasteiger partial charge in [0.05, 0.1) is 0 Å². The zero-order valence-electron chi connectivity index (χ0n) is 20.7. The number of hydrogen-bond acceptors (Lipinski definition) is 4. The molecule has 0 aromatic heterocycles. The Hall–Kier alpha value is -4.96. The molecule has 0 heterocycles. The van der Waals surface area contributed by atoms with Crippen LogP contribution >= 0.6 is 0 Å². The second kappa shape index (κ2) is 10.2. The molecule has 0 fully saturated rings. The summed E-state index contributed by atoms with van der Waals surface area (Å²) in [7, 11) is 0. The fourth-order valence-corrected chi connectivity index (χ4v) is 4.76. The molecule has 0 aliphatic carbocycles. The Balaban J connectivity index is 1.43. The van der Waals surface area contributed by atoms with Crippen LogP contribution in [0.1, 0.15) is 11.1 Å². The lowest BCUT2D eigenvalue weighted by Gasteiger charge is -2.16. The SMILES string of the molecule is Oc1ccc2ccc(OCc3ccccc3)cc2c1-c1c(O)ccc2ccc(OCc3ccccc3)cc12. The number of aromatic hydroxyl groups is 2. The summed E-state index contributed by atoms with van der Waals surface area (Å²) in [5.74, 6) is 1.52. The van der Waals surface area contributed by atoms with E-state index in [4.69, 9.17) is 9.47 Å². The van der Waals surface area contributed by atoms with E-state index in [-0.39, 0.29) is 11.5 Å². The van der Waals surface area contributed by atoms with Gasteiger partial charge in [-0.3, -0.25) is 0 Å². The van der Waals surface area contributed by atoms with Crippen molar-refractivity contribution in [2.45, 2.75) is 13.2 Å². The maximum absolute atomic E-state index is 11.1. The second-order valence-corrected chi connectivity index (χ2v) is 9.23. The molecule has 6 aromatic rings. The van der Waals surface area contributed by atoms with Crippen LogP contribution in [0.5, 0.6) is 23.0 Å². The van der Waals surface area contributed by atoms with Crippen LogP contribution in [0.2, 0.25) is 0 Å². The van der Waals surface area contributed by atoms with E-state index in [1.165, 1.54) is 0 Å². The van der Waals surface area contributed by atoms with Gasteiger partial charge in [0.15, 0.2) is 0 Å². The highest BCUT2D eigenvalue weighted by atomic mass is 16.5. The number of phenols is 2. The normalized spacial score (nSPS) is 11.1. The summed E-state index contributed by atoms with van der Waals surface area (Å²) in [6, 6.07) is 38.6. The maximum atomic E-state index is 11.1. The average Bonchev–Trinajstić information content (AvgIpc) is 2.96. The molecule has 0 bridgehead atoms. The molecule has 0 saturated carbocycles. The fourth-order valence-electron chi connectivity index (χ4n) is 4.76. The summed E-state index contributed by atoms with van der Waals surface area (Å²) in [5, 5.41) is 25.6. The first-order valence-corrected chi connectivity index (χ1v) is 12.5. The largest absolute Gasteiger partial charge is 0.507 e. The third-order valence-corrected chi connectivity index (χ3v) is 6.69. The predicted molar refractivity (Wildman–Crippen MR) is 152 cm³/mol. The van der Waals surface area contributed by atoms with Crippen LogP contribution in [-0.2, 0) is 13.2 Å². The number of benzene rings is 6. The van der Waals surface area contributed by atoms with Crippen molar-refractivity contribution in [3.8, 4) is 34.1 Å². The first-order valence-electron chi connectivity index (χ1n) is 12.5. The van der Waals surface area contributed by atoms with Crippen molar-refractivity contribution in [3.05, 3.63) is 132 Å². The van der Waals surface area contributed by atoms with E-state index in [2.05, 4.69) is 0 Å². The monoisotopic (exact) mass is 498 g/mol. The van der Waals surface area contributed by atoms with Gasteiger partial charge in [0.25, 0.3) is 0 Å². The molecular formula is C34H26O4. The Bertz CT molecular complexity index is 1600. The van der Waals surface area contributed by atoms with Gasteiger partial charge in [-0.25, -0.2) is 0 Å². The standard InChI is InChI=1S/C34H26O4/c35-31-17-13-25-11-15-27(37-21-23-7-3-1-4-8-23)19-29(25)33(31)34-30-20-28(16-12-26(30)14-18-32(34)36)38-22-24-9-5-2-6-10-24/h1-20,35-36H,21-22H2. The van der Waals surface area contributed by atoms with E-state index < -0.39 is 0 Å². The molecule has 0 radical (unpaired) electrons. The minimum Gasteiger partial charge on any atom is -0.507 e. The number of rotatable bonds is 7. The lowest BCUT2D eigenvalue weighted by molar-refractivity contribution is 0.306. The van der Waals surface area contributed by atoms with E-state index >= 15 is 0 Å². The van der Waals surface area contributed by atoms with Gasteiger partial charge in [-0.05, 0) is 69.1 Å². The quantitative estimate of drug-likeness (QED) is 0.233. The van der Waals surface area contributed by atoms with Gasteiger partial charge in [-0.15, -0.1) is 0 Å². The Kier molecular flexibility index (Phi) is 6.29. The highest BCUT2D eigenvalue weighted by Crippen LogP contribution is 2.46. The van der Waals surface area contributed by atoms with E-state index in [1.54, 1.807) is 12.1 Å². The van der Waals surface area contributed by atoms with Gasteiger partial charge in [-0.2, -0.15) is 0 Å². The summed E-state index contributed by atoms with van der Waals surface area (Å²) in [4.78, 5) is 0. The molecule has 4 nitrogen and oxygen atoms in total. The lowest BCUT2D eigenvalue weighted by Crippen LogP contribution is -1.96. The molecule has 0 amide bonds. The van der Waals surface area contributed by atoms with Crippen LogP contribution in [-0.4, -0.2) is 10.2 Å². The van der Waals surface area contributed by atoms with Crippen LogP contribution in [0.25, 0.3) is 32.7 Å². The molecular weight excluding hydrogens is 472 g/mol. The summed E-state index contributed by atoms with van der Waals surface area (Å²) in [6.45, 7) is 0.865. The van der Waals surface area contributed by atoms with Crippen molar-refractivity contribution in [1.29, 1.82) is 0 Å². The molecule has 6 aromatic carbocycles. The summed E-state index contributed by atoms with van der Waals surface area (Å²) in [6.07, 6.45) is 0. The van der Waals surface area contributed by atoms with Crippen LogP contribution in [0.4, 0.5) is 0 Å². The van der Waals surface area contributed by atoms with Crippen molar-refractivity contribution >= 4 is 21.5 Å². The Morgan fingerprint density at radius 2 is 0.842 bits per heavy atom. The molecule has 0 spiro atoms. The molecule has 186 valence electrons. The fraction of sp³-hybridized carbons (Fsp3) is 0.0588. The predicted octanol–water partition coefficient (Wildman–Crippen LogP) is 8.23. The Morgan fingerprint density at radius 3 is 1.26 bits per heavy atom. The van der Waals surface area contributed by atoms with Gasteiger partial charge >= 0.3 is 0 Å². The molecule has 0 saturated heterocycles. The summed E-state index contributed by atoms with van der Waals surface area (Å²) < 4.78 is 12.2. The molecule has 0 atom stereocenters. The van der Waals surface area contributed by atoms with E-state index in [9.17, 15) is 10.2 Å². The molecule has 0 unspecified atom stereocenters. The topological polar surface area (TPSA) is 58.9 Å². The van der Waals surface area contributed by atoms with E-state index in [0.29, 0.717) is 35.8 Å². The number of fused-ring (bicyclic) bond motifs is 2. The van der Waals surface area contributed by atoms with Crippen molar-refractivity contribution in [2.75, 3.05) is 0 Å². The van der Waals surface area contributed by atoms with Gasteiger partial charge in [0, 0.05) is 11.1 Å². The van der Waals surface area contributed by atoms with Gasteiger partial charge in [0.1, 0.15) is 36.2 Å². The zero-order valence-corrected chi connectivity index (χ0v) is 20.7. The smallest absolute Gasteiger partial charge is 0.124 e. The maximum Gasteiger partial charge on any atom is 0.124 e. The Labute approximate surface area is 221 Å². The van der Waals surface area contributed by atoms with Crippen LogP contribution in [0, 0.1) is 0 Å². The van der Waals surface area contributed by atoms with Crippen molar-refractivity contribution in [3.63, 3.8) is 0 Å². The number of hydrogen-bond donors (Lipinski definition) is 2. The summed E-state index contributed by atoms with van der Waals surface area (Å²) >= 11 is 0. The molecule has 0 aliphatic heterocycles. The lowest BCUT2D eigenvalue weighted by atomic mass is 9.92. The first-order chi connectivity index (χ1) is 18.7. The van der Waals surface area contributed by atoms with Gasteiger partial charge < -0.3 is 19.7 Å². The van der Waals surface area contributed by atoms with Crippen molar-refractivity contribution in [2.24, 2.45) is 0 Å². The number of ether oxygens (including phenoxy) is 2. The van der Waals surface area contributed by atoms with Crippen molar-refractivity contribution < 1.29 is 19.7 Å². The minimum atomic E-state index is 0.0797. The summed E-state index contributed by atoms with van der Waals surface area (Å²) in [5.41, 5.74) is 3.24. The number of phenolic OH excluding ortho intramolecular Hbond substituents is 2. The third-order valence-electron chi connectivity index (χ3n) is 6.69. The Morgan fingerprint density at radius 1 is 0.447 bits per heavy atom. The second-order valence-electron chi connectivity index (χ2n) is 9.23. The molecule has 38 heavy (non-hydrogen) atoms. The highest BCUT2D eigenvalue weighted by Gasteiger charge is 2.18. The zero-order chi connectivity index (χ0) is 25.9. The average molecular weight is 499 g/mol. The highest BCUT2D eigenvalue weighted by molar-refractivity contribution is 6.10. The van der Waals surface area contributed by atoms with Crippen LogP contribution < -0.4 is 9.47 Å². The molecule has 2 N–H and O–H groups in total.